The molecule has 0 bridgehead atoms. The van der Waals surface area contributed by atoms with Crippen molar-refractivity contribution < 1.29 is 0 Å². The average Bonchev–Trinajstić information content (AvgIpc) is 1.41. The molecule has 5 heteroatoms. The highest BCUT2D eigenvalue weighted by molar-refractivity contribution is 8.68. The zero-order valence-corrected chi connectivity index (χ0v) is 7.01. The smallest absolute Gasteiger partial charge is 0.0158 e. The Bertz CT molecular complexity index is 21.2. The molecule has 0 aromatic heterocycles. The average molecular weight is 182 g/mol. The summed E-state index contributed by atoms with van der Waals surface area (Å²) in [5, 5.41) is 0. The van der Waals surface area contributed by atoms with Gasteiger partial charge in [0.1, 0.15) is 0 Å². The number of hydrogen-bond acceptors (Lipinski definition) is 3. The Hall–Kier alpha value is 1.24. The van der Waals surface area contributed by atoms with Gasteiger partial charge in [-0.2, -0.15) is 0 Å². The summed E-state index contributed by atoms with van der Waals surface area (Å²) in [5.41, 5.74) is 5.07. The van der Waals surface area contributed by atoms with Crippen molar-refractivity contribution in [1.29, 1.82) is 0 Å². The molecule has 0 rings (SSSR count). The van der Waals surface area contributed by atoms with Gasteiger partial charge in [-0.25, -0.2) is 0 Å². The number of rotatable bonds is 2. The summed E-state index contributed by atoms with van der Waals surface area (Å²) in [6, 6.07) is 0. The molecule has 0 unspecified atom stereocenters. The largest absolute Gasteiger partial charge is 0.330 e. The Labute approximate surface area is 65.4 Å². The van der Waals surface area contributed by atoms with Gasteiger partial charge in [0.2, 0.25) is 0 Å². The fourth-order valence-electron chi connectivity index (χ4n) is 0.0527. The summed E-state index contributed by atoms with van der Waals surface area (Å²) in [4.78, 5) is 0. The molecular weight excluding hydrogens is 173 g/mol. The van der Waals surface area contributed by atoms with Crippen molar-refractivity contribution >= 4 is 47.3 Å². The Morgan fingerprint density at radius 2 is 1.86 bits per heavy atom. The first-order valence-electron chi connectivity index (χ1n) is 1.38. The van der Waals surface area contributed by atoms with E-state index in [9.17, 15) is 0 Å². The van der Waals surface area contributed by atoms with Crippen molar-refractivity contribution in [3.05, 3.63) is 0 Å². The molecule has 0 atom stereocenters. The summed E-state index contributed by atoms with van der Waals surface area (Å²) in [5.74, 6) is 0.948. The van der Waals surface area contributed by atoms with E-state index in [1.54, 1.807) is 0 Å². The van der Waals surface area contributed by atoms with Gasteiger partial charge in [-0.05, 0) is 0 Å². The molecule has 0 aromatic rings. The van der Waals surface area contributed by atoms with E-state index in [-0.39, 0.29) is 24.8 Å². The van der Waals surface area contributed by atoms with E-state index >= 15 is 0 Å². The maximum atomic E-state index is 5.07. The van der Waals surface area contributed by atoms with Gasteiger partial charge in [-0.15, -0.1) is 36.5 Å². The molecule has 0 saturated carbocycles. The van der Waals surface area contributed by atoms with Gasteiger partial charge in [0.05, 0.1) is 0 Å². The van der Waals surface area contributed by atoms with Crippen LogP contribution in [-0.2, 0) is 0 Å². The van der Waals surface area contributed by atoms with E-state index in [2.05, 4.69) is 11.7 Å². The third kappa shape index (κ3) is 18.9. The zero-order valence-electron chi connectivity index (χ0n) is 3.66. The first-order chi connectivity index (χ1) is 2.41. The highest BCUT2D eigenvalue weighted by Gasteiger charge is 1.68. The molecule has 48 valence electrons. The number of nitrogens with two attached hydrogens (primary N) is 1. The minimum atomic E-state index is 0. The molecule has 7 heavy (non-hydrogen) atoms. The van der Waals surface area contributed by atoms with Crippen LogP contribution in [0.5, 0.6) is 0 Å². The summed E-state index contributed by atoms with van der Waals surface area (Å²) >= 11 is 3.84. The second-order valence-electron chi connectivity index (χ2n) is 0.622. The lowest BCUT2D eigenvalue weighted by molar-refractivity contribution is 1.16. The van der Waals surface area contributed by atoms with Gasteiger partial charge in [0.15, 0.2) is 0 Å². The van der Waals surface area contributed by atoms with Gasteiger partial charge in [0, 0.05) is 12.3 Å². The molecule has 0 aromatic carbocycles. The maximum Gasteiger partial charge on any atom is 0.0158 e. The Morgan fingerprint density at radius 1 is 1.43 bits per heavy atom. The second kappa shape index (κ2) is 15.7. The van der Waals surface area contributed by atoms with Crippen LogP contribution in [0.4, 0.5) is 0 Å². The molecule has 0 spiro atoms. The predicted molar refractivity (Wildman–Crippen MR) is 45.0 cm³/mol. The minimum Gasteiger partial charge on any atom is -0.330 e. The Kier molecular flexibility index (Phi) is 35.2. The van der Waals surface area contributed by atoms with Crippen molar-refractivity contribution in [2.45, 2.75) is 0 Å². The number of halogens is 2. The summed E-state index contributed by atoms with van der Waals surface area (Å²) < 4.78 is 0. The first kappa shape index (κ1) is 15.7. The molecule has 0 aliphatic heterocycles. The van der Waals surface area contributed by atoms with Crippen LogP contribution in [0.25, 0.3) is 0 Å². The molecule has 0 radical (unpaired) electrons. The molecule has 0 amide bonds. The second-order valence-corrected chi connectivity index (χ2v) is 2.06. The fourth-order valence-corrected chi connectivity index (χ4v) is 0.474. The Balaban J connectivity index is -0.0000000800. The van der Waals surface area contributed by atoms with Crippen molar-refractivity contribution in [2.24, 2.45) is 5.73 Å². The summed E-state index contributed by atoms with van der Waals surface area (Å²) in [6.07, 6.45) is 0. The monoisotopic (exact) mass is 181 g/mol. The van der Waals surface area contributed by atoms with Crippen LogP contribution in [0, 0.1) is 0 Å². The van der Waals surface area contributed by atoms with E-state index < -0.39 is 0 Å². The van der Waals surface area contributed by atoms with Crippen LogP contribution < -0.4 is 5.73 Å². The third-order valence-corrected chi connectivity index (χ3v) is 1.18. The molecule has 0 aliphatic rings. The normalized spacial score (nSPS) is 6.00. The molecule has 2 N–H and O–H groups in total. The molecule has 0 heterocycles. The van der Waals surface area contributed by atoms with Crippen molar-refractivity contribution in [2.75, 3.05) is 12.3 Å². The lowest BCUT2D eigenvalue weighted by Crippen LogP contribution is -1.98. The molecule has 1 nitrogen and oxygen atoms in total. The van der Waals surface area contributed by atoms with Crippen LogP contribution in [-0.4, -0.2) is 12.3 Å². The first-order valence-corrected chi connectivity index (χ1v) is 3.42. The van der Waals surface area contributed by atoms with Crippen molar-refractivity contribution in [1.82, 2.24) is 0 Å². The van der Waals surface area contributed by atoms with E-state index in [0.29, 0.717) is 0 Å². The van der Waals surface area contributed by atoms with E-state index in [1.165, 1.54) is 10.8 Å². The maximum absolute atomic E-state index is 5.07. The van der Waals surface area contributed by atoms with Crippen LogP contribution in [0.3, 0.4) is 0 Å². The summed E-state index contributed by atoms with van der Waals surface area (Å²) in [6.45, 7) is 0.730. The van der Waals surface area contributed by atoms with Gasteiger partial charge in [-0.1, -0.05) is 10.8 Å². The topological polar surface area (TPSA) is 26.0 Å². The zero-order chi connectivity index (χ0) is 4.12. The van der Waals surface area contributed by atoms with E-state index in [4.69, 9.17) is 5.73 Å². The minimum absolute atomic E-state index is 0. The fraction of sp³-hybridized carbons (Fsp3) is 1.00. The number of thiol groups is 1. The highest BCUT2D eigenvalue weighted by atomic mass is 35.5. The standard InChI is InChI=1S/C2H7NS2.2ClH/c3-1-2-5-4;;/h4H,1-3H2;2*1H. The third-order valence-electron chi connectivity index (χ3n) is 0.209. The number of hydrogen-bond donors (Lipinski definition) is 2. The van der Waals surface area contributed by atoms with Crippen LogP contribution in [0.15, 0.2) is 0 Å². The van der Waals surface area contributed by atoms with Crippen LogP contribution >= 0.6 is 47.3 Å². The van der Waals surface area contributed by atoms with Gasteiger partial charge in [-0.3, -0.25) is 0 Å². The lowest BCUT2D eigenvalue weighted by atomic mass is 10.8. The Morgan fingerprint density at radius 3 is 1.86 bits per heavy atom. The molecule has 0 aliphatic carbocycles. The SMILES string of the molecule is Cl.Cl.NCCSS. The van der Waals surface area contributed by atoms with Gasteiger partial charge >= 0.3 is 0 Å². The predicted octanol–water partition coefficient (Wildman–Crippen LogP) is 1.37. The van der Waals surface area contributed by atoms with Crippen LogP contribution in [0.2, 0.25) is 0 Å². The van der Waals surface area contributed by atoms with Gasteiger partial charge < -0.3 is 5.73 Å². The van der Waals surface area contributed by atoms with Gasteiger partial charge in [0.25, 0.3) is 0 Å². The lowest BCUT2D eigenvalue weighted by Gasteiger charge is -1.79. The van der Waals surface area contributed by atoms with Crippen LogP contribution in [0.1, 0.15) is 0 Å². The highest BCUT2D eigenvalue weighted by Crippen LogP contribution is 1.99. The quantitative estimate of drug-likeness (QED) is 0.498. The molecular formula is C2H9Cl2NS2. The van der Waals surface area contributed by atoms with E-state index in [0.717, 1.165) is 12.3 Å². The van der Waals surface area contributed by atoms with E-state index in [1.807, 2.05) is 0 Å². The van der Waals surface area contributed by atoms with Crippen molar-refractivity contribution in [3.63, 3.8) is 0 Å². The molecule has 0 fully saturated rings. The summed E-state index contributed by atoms with van der Waals surface area (Å²) in [7, 11) is 1.47. The van der Waals surface area contributed by atoms with Crippen molar-refractivity contribution in [3.8, 4) is 0 Å². The molecule has 0 saturated heterocycles.